The molecule has 2 aromatic heterocycles. The number of hydrogen-bond acceptors (Lipinski definition) is 6. The summed E-state index contributed by atoms with van der Waals surface area (Å²) in [6.07, 6.45) is 7.17. The van der Waals surface area contributed by atoms with E-state index in [1.54, 1.807) is 40.4 Å². The number of rotatable bonds is 5. The van der Waals surface area contributed by atoms with Crippen molar-refractivity contribution in [3.05, 3.63) is 30.9 Å². The molecular formula is C14H17N5O3. The van der Waals surface area contributed by atoms with E-state index in [0.717, 1.165) is 6.42 Å². The molecular weight excluding hydrogens is 286 g/mol. The first-order chi connectivity index (χ1) is 10.8. The number of nitrogens with zero attached hydrogens (tertiary/aromatic N) is 5. The number of hydrogen-bond donors (Lipinski definition) is 0. The summed E-state index contributed by atoms with van der Waals surface area (Å²) >= 11 is 0. The zero-order chi connectivity index (χ0) is 15.4. The lowest BCUT2D eigenvalue weighted by Crippen LogP contribution is -2.33. The van der Waals surface area contributed by atoms with Crippen LogP contribution in [0.4, 0.5) is 0 Å². The molecule has 116 valence electrons. The van der Waals surface area contributed by atoms with Crippen LogP contribution in [0.2, 0.25) is 0 Å². The van der Waals surface area contributed by atoms with Crippen molar-refractivity contribution in [1.29, 1.82) is 0 Å². The van der Waals surface area contributed by atoms with E-state index in [2.05, 4.69) is 15.1 Å². The largest absolute Gasteiger partial charge is 0.477 e. The Morgan fingerprint density at radius 3 is 2.86 bits per heavy atom. The number of ether oxygens (including phenoxy) is 2. The second kappa shape index (κ2) is 6.42. The standard InChI is InChI=1S/C14H17N5O3/c1-21-13-14(16-6-5-15-13)22-11-3-8-18(9-11)12(20)10-19-7-2-4-17-19/h2,4-7,11H,3,8-10H2,1H3/t11-/m0/s1. The predicted octanol–water partition coefficient (Wildman–Crippen LogP) is 0.362. The molecule has 3 rings (SSSR count). The fourth-order valence-electron chi connectivity index (χ4n) is 2.37. The van der Waals surface area contributed by atoms with Crippen LogP contribution in [0.3, 0.4) is 0 Å². The molecule has 3 heterocycles. The third kappa shape index (κ3) is 3.16. The lowest BCUT2D eigenvalue weighted by atomic mass is 10.3. The Morgan fingerprint density at radius 1 is 1.32 bits per heavy atom. The molecule has 0 N–H and O–H groups in total. The Morgan fingerprint density at radius 2 is 2.14 bits per heavy atom. The Hall–Kier alpha value is -2.64. The first-order valence-electron chi connectivity index (χ1n) is 7.03. The summed E-state index contributed by atoms with van der Waals surface area (Å²) in [5.74, 6) is 0.737. The van der Waals surface area contributed by atoms with E-state index in [0.29, 0.717) is 24.8 Å². The molecule has 1 aliphatic rings. The first-order valence-corrected chi connectivity index (χ1v) is 7.03. The summed E-state index contributed by atoms with van der Waals surface area (Å²) < 4.78 is 12.5. The summed E-state index contributed by atoms with van der Waals surface area (Å²) in [6.45, 7) is 1.43. The summed E-state index contributed by atoms with van der Waals surface area (Å²) in [5.41, 5.74) is 0. The fraction of sp³-hybridized carbons (Fsp3) is 0.429. The van der Waals surface area contributed by atoms with E-state index >= 15 is 0 Å². The second-order valence-corrected chi connectivity index (χ2v) is 4.94. The summed E-state index contributed by atoms with van der Waals surface area (Å²) in [7, 11) is 1.52. The molecule has 0 radical (unpaired) electrons. The maximum atomic E-state index is 12.2. The molecule has 1 saturated heterocycles. The highest BCUT2D eigenvalue weighted by Crippen LogP contribution is 2.23. The van der Waals surface area contributed by atoms with E-state index in [-0.39, 0.29) is 18.6 Å². The van der Waals surface area contributed by atoms with E-state index in [1.165, 1.54) is 7.11 Å². The summed E-state index contributed by atoms with van der Waals surface area (Å²) in [5, 5.41) is 4.04. The second-order valence-electron chi connectivity index (χ2n) is 4.94. The zero-order valence-corrected chi connectivity index (χ0v) is 12.3. The van der Waals surface area contributed by atoms with Gasteiger partial charge in [0.2, 0.25) is 5.91 Å². The number of aromatic nitrogens is 4. The molecule has 1 amide bonds. The minimum absolute atomic E-state index is 0.0286. The lowest BCUT2D eigenvalue weighted by Gasteiger charge is -2.17. The Labute approximate surface area is 127 Å². The van der Waals surface area contributed by atoms with E-state index in [1.807, 2.05) is 0 Å². The van der Waals surface area contributed by atoms with Gasteiger partial charge in [0, 0.05) is 37.8 Å². The number of amides is 1. The third-order valence-electron chi connectivity index (χ3n) is 3.46. The van der Waals surface area contributed by atoms with Crippen LogP contribution < -0.4 is 9.47 Å². The zero-order valence-electron chi connectivity index (χ0n) is 12.3. The minimum atomic E-state index is -0.104. The Kier molecular flexibility index (Phi) is 4.17. The van der Waals surface area contributed by atoms with Crippen molar-refractivity contribution in [2.24, 2.45) is 0 Å². The number of carbonyl (C=O) groups is 1. The molecule has 0 saturated carbocycles. The summed E-state index contributed by atoms with van der Waals surface area (Å²) in [4.78, 5) is 22.1. The van der Waals surface area contributed by atoms with Gasteiger partial charge < -0.3 is 14.4 Å². The first kappa shape index (κ1) is 14.3. The monoisotopic (exact) mass is 303 g/mol. The van der Waals surface area contributed by atoms with Crippen molar-refractivity contribution in [3.8, 4) is 11.8 Å². The van der Waals surface area contributed by atoms with Gasteiger partial charge in [-0.2, -0.15) is 5.10 Å². The van der Waals surface area contributed by atoms with Crippen molar-refractivity contribution >= 4 is 5.91 Å². The maximum absolute atomic E-state index is 12.2. The molecule has 2 aromatic rings. The van der Waals surface area contributed by atoms with Crippen LogP contribution in [0, 0.1) is 0 Å². The Balaban J connectivity index is 1.57. The van der Waals surface area contributed by atoms with Gasteiger partial charge in [-0.1, -0.05) is 0 Å². The predicted molar refractivity (Wildman–Crippen MR) is 76.4 cm³/mol. The molecule has 1 atom stereocenters. The molecule has 8 nitrogen and oxygen atoms in total. The van der Waals surface area contributed by atoms with Crippen LogP contribution in [0.15, 0.2) is 30.9 Å². The lowest BCUT2D eigenvalue weighted by molar-refractivity contribution is -0.131. The van der Waals surface area contributed by atoms with Crippen molar-refractivity contribution < 1.29 is 14.3 Å². The quantitative estimate of drug-likeness (QED) is 0.793. The van der Waals surface area contributed by atoms with Crippen molar-refractivity contribution in [2.45, 2.75) is 19.1 Å². The van der Waals surface area contributed by atoms with Crippen molar-refractivity contribution in [3.63, 3.8) is 0 Å². The topological polar surface area (TPSA) is 82.4 Å². The summed E-state index contributed by atoms with van der Waals surface area (Å²) in [6, 6.07) is 1.80. The fourth-order valence-corrected chi connectivity index (χ4v) is 2.37. The molecule has 1 aliphatic heterocycles. The van der Waals surface area contributed by atoms with Crippen molar-refractivity contribution in [1.82, 2.24) is 24.6 Å². The Bertz CT molecular complexity index is 631. The average molecular weight is 303 g/mol. The number of methoxy groups -OCH3 is 1. The molecule has 0 aliphatic carbocycles. The smallest absolute Gasteiger partial charge is 0.278 e. The van der Waals surface area contributed by atoms with Crippen LogP contribution >= 0.6 is 0 Å². The van der Waals surface area contributed by atoms with Crippen LogP contribution in [0.25, 0.3) is 0 Å². The van der Waals surface area contributed by atoms with Crippen LogP contribution in [-0.4, -0.2) is 56.9 Å². The molecule has 8 heteroatoms. The molecule has 0 unspecified atom stereocenters. The normalized spacial score (nSPS) is 17.5. The van der Waals surface area contributed by atoms with E-state index < -0.39 is 0 Å². The van der Waals surface area contributed by atoms with E-state index in [9.17, 15) is 4.79 Å². The van der Waals surface area contributed by atoms with Gasteiger partial charge in [-0.05, 0) is 6.07 Å². The van der Waals surface area contributed by atoms with Gasteiger partial charge in [-0.25, -0.2) is 9.97 Å². The molecule has 0 aromatic carbocycles. The van der Waals surface area contributed by atoms with Gasteiger partial charge in [-0.15, -0.1) is 0 Å². The number of likely N-dealkylation sites (tertiary alicyclic amines) is 1. The third-order valence-corrected chi connectivity index (χ3v) is 3.46. The van der Waals surface area contributed by atoms with E-state index in [4.69, 9.17) is 9.47 Å². The minimum Gasteiger partial charge on any atom is -0.477 e. The van der Waals surface area contributed by atoms with Gasteiger partial charge in [-0.3, -0.25) is 9.48 Å². The number of carbonyl (C=O) groups excluding carboxylic acids is 1. The van der Waals surface area contributed by atoms with Gasteiger partial charge in [0.1, 0.15) is 12.6 Å². The van der Waals surface area contributed by atoms with Crippen molar-refractivity contribution in [2.75, 3.05) is 20.2 Å². The highest BCUT2D eigenvalue weighted by Gasteiger charge is 2.28. The SMILES string of the molecule is COc1nccnc1O[C@H]1CCN(C(=O)Cn2cccn2)C1. The van der Waals surface area contributed by atoms with Gasteiger partial charge in [0.25, 0.3) is 11.8 Å². The molecule has 1 fully saturated rings. The van der Waals surface area contributed by atoms with Gasteiger partial charge >= 0.3 is 0 Å². The average Bonchev–Trinajstić information content (AvgIpc) is 3.19. The molecule has 0 bridgehead atoms. The molecule has 0 spiro atoms. The van der Waals surface area contributed by atoms with Crippen LogP contribution in [0.1, 0.15) is 6.42 Å². The van der Waals surface area contributed by atoms with Crippen LogP contribution in [0.5, 0.6) is 11.8 Å². The molecule has 22 heavy (non-hydrogen) atoms. The van der Waals surface area contributed by atoms with Crippen LogP contribution in [-0.2, 0) is 11.3 Å². The highest BCUT2D eigenvalue weighted by molar-refractivity contribution is 5.76. The van der Waals surface area contributed by atoms with Gasteiger partial charge in [0.05, 0.1) is 13.7 Å². The highest BCUT2D eigenvalue weighted by atomic mass is 16.5. The van der Waals surface area contributed by atoms with Gasteiger partial charge in [0.15, 0.2) is 0 Å². The maximum Gasteiger partial charge on any atom is 0.278 e.